The summed E-state index contributed by atoms with van der Waals surface area (Å²) in [5.41, 5.74) is -9.89. The SMILES string of the molecule is CC(C)(C)OC(=O)N1Cn2c(nc3c(OS(=O)(=O)C(F)(F)F)c(-c4ncnc5c4ncn5C(=O)OC(C)(C)C)ccc32)[C@]12CCNC(=O)C2. The number of hydrogen-bond donors (Lipinski definition) is 1. The van der Waals surface area contributed by atoms with E-state index in [1.165, 1.54) is 21.6 Å². The van der Waals surface area contributed by atoms with E-state index in [4.69, 9.17) is 13.7 Å². The predicted molar refractivity (Wildman–Crippen MR) is 163 cm³/mol. The van der Waals surface area contributed by atoms with Crippen LogP contribution in [0.4, 0.5) is 22.8 Å². The number of alkyl halides is 3. The number of aromatic nitrogens is 6. The van der Waals surface area contributed by atoms with Crippen LogP contribution < -0.4 is 9.50 Å². The number of piperidine rings is 1. The first kappa shape index (κ1) is 33.9. The molecule has 3 aromatic heterocycles. The molecule has 2 aliphatic heterocycles. The van der Waals surface area contributed by atoms with E-state index in [0.717, 1.165) is 17.2 Å². The number of benzene rings is 1. The average Bonchev–Trinajstić information content (AvgIpc) is 3.63. The molecule has 49 heavy (non-hydrogen) atoms. The van der Waals surface area contributed by atoms with Gasteiger partial charge in [-0.3, -0.25) is 9.69 Å². The highest BCUT2D eigenvalue weighted by Crippen LogP contribution is 2.48. The second kappa shape index (κ2) is 11.0. The van der Waals surface area contributed by atoms with E-state index in [-0.39, 0.29) is 65.3 Å². The lowest BCUT2D eigenvalue weighted by atomic mass is 9.86. The number of carbonyl (C=O) groups excluding carboxylic acids is 3. The molecule has 1 fully saturated rings. The molecule has 0 radical (unpaired) electrons. The number of rotatable bonds is 3. The summed E-state index contributed by atoms with van der Waals surface area (Å²) in [7, 11) is -6.27. The lowest BCUT2D eigenvalue weighted by Crippen LogP contribution is -2.54. The van der Waals surface area contributed by atoms with Gasteiger partial charge in [0, 0.05) is 12.1 Å². The number of nitrogens with zero attached hydrogens (tertiary/aromatic N) is 7. The van der Waals surface area contributed by atoms with Gasteiger partial charge in [-0.1, -0.05) is 0 Å². The van der Waals surface area contributed by atoms with Crippen LogP contribution in [0.3, 0.4) is 0 Å². The third-order valence-corrected chi connectivity index (χ3v) is 8.63. The fourth-order valence-corrected chi connectivity index (χ4v) is 6.25. The zero-order valence-corrected chi connectivity index (χ0v) is 27.9. The van der Waals surface area contributed by atoms with Gasteiger partial charge in [0.1, 0.15) is 58.6 Å². The van der Waals surface area contributed by atoms with Gasteiger partial charge in [0.2, 0.25) is 5.91 Å². The van der Waals surface area contributed by atoms with Crippen molar-refractivity contribution in [1.82, 2.24) is 39.3 Å². The Balaban J connectivity index is 1.57. The third kappa shape index (κ3) is 5.86. The minimum Gasteiger partial charge on any atom is -0.444 e. The maximum Gasteiger partial charge on any atom is 0.534 e. The molecular weight excluding hydrogens is 677 g/mol. The first-order valence-corrected chi connectivity index (χ1v) is 16.3. The Morgan fingerprint density at radius 2 is 1.63 bits per heavy atom. The van der Waals surface area contributed by atoms with Gasteiger partial charge in [0.25, 0.3) is 0 Å². The monoisotopic (exact) mass is 708 g/mol. The molecule has 0 saturated carbocycles. The van der Waals surface area contributed by atoms with E-state index in [1.54, 1.807) is 41.5 Å². The van der Waals surface area contributed by atoms with Crippen molar-refractivity contribution in [3.8, 4) is 17.0 Å². The normalized spacial score (nSPS) is 18.6. The molecule has 5 heterocycles. The molecule has 6 rings (SSSR count). The van der Waals surface area contributed by atoms with Gasteiger partial charge < -0.3 is 23.5 Å². The fourth-order valence-electron chi connectivity index (χ4n) is 5.76. The van der Waals surface area contributed by atoms with Gasteiger partial charge in [-0.25, -0.2) is 34.1 Å². The molecule has 1 saturated heterocycles. The minimum atomic E-state index is -6.27. The number of amides is 2. The quantitative estimate of drug-likeness (QED) is 0.237. The second-order valence-electron chi connectivity index (χ2n) is 13.5. The van der Waals surface area contributed by atoms with Crippen LogP contribution in [0.25, 0.3) is 33.5 Å². The highest BCUT2D eigenvalue weighted by molar-refractivity contribution is 7.88. The summed E-state index contributed by atoms with van der Waals surface area (Å²) >= 11 is 0. The number of carbonyl (C=O) groups is 3. The standard InChI is InChI=1S/C29H31F3N8O8S/c1-26(2,3)46-24(42)38-13-36-20-18(34-12-35-22(20)38)15-7-8-16-19(21(15)48-49(44,45)29(30,31)32)37-23-28(9-10-33-17(41)11-28)40(14-39(16)23)25(43)47-27(4,5)6/h7-8,12-13H,9-11,14H2,1-6H3,(H,33,41)/t28-/m1/s1. The number of halogens is 3. The number of nitrogens with one attached hydrogen (secondary N) is 1. The van der Waals surface area contributed by atoms with Gasteiger partial charge in [-0.15, -0.1) is 0 Å². The number of hydrogen-bond acceptors (Lipinski definition) is 12. The van der Waals surface area contributed by atoms with Crippen molar-refractivity contribution in [2.45, 2.75) is 83.3 Å². The summed E-state index contributed by atoms with van der Waals surface area (Å²) < 4.78 is 84.6. The Labute approximate surface area is 276 Å². The van der Waals surface area contributed by atoms with Crippen molar-refractivity contribution < 1.29 is 49.6 Å². The molecule has 1 atom stereocenters. The van der Waals surface area contributed by atoms with Crippen LogP contribution in [0, 0.1) is 0 Å². The smallest absolute Gasteiger partial charge is 0.444 e. The molecule has 1 spiro atoms. The number of ether oxygens (including phenoxy) is 2. The second-order valence-corrected chi connectivity index (χ2v) is 15.0. The zero-order chi connectivity index (χ0) is 35.9. The summed E-state index contributed by atoms with van der Waals surface area (Å²) in [6, 6.07) is 2.69. The van der Waals surface area contributed by atoms with Crippen molar-refractivity contribution in [3.63, 3.8) is 0 Å². The van der Waals surface area contributed by atoms with Crippen LogP contribution >= 0.6 is 0 Å². The molecular formula is C29H31F3N8O8S. The van der Waals surface area contributed by atoms with Crippen molar-refractivity contribution in [2.75, 3.05) is 6.54 Å². The molecule has 16 nitrogen and oxygen atoms in total. The van der Waals surface area contributed by atoms with Crippen LogP contribution in [0.1, 0.15) is 60.2 Å². The first-order valence-electron chi connectivity index (χ1n) is 14.9. The van der Waals surface area contributed by atoms with Gasteiger partial charge in [-0.2, -0.15) is 21.6 Å². The van der Waals surface area contributed by atoms with Gasteiger partial charge in [0.15, 0.2) is 11.4 Å². The molecule has 262 valence electrons. The van der Waals surface area contributed by atoms with E-state index >= 15 is 0 Å². The first-order chi connectivity index (χ1) is 22.6. The van der Waals surface area contributed by atoms with Crippen molar-refractivity contribution >= 4 is 50.4 Å². The van der Waals surface area contributed by atoms with Gasteiger partial charge in [0.05, 0.1) is 11.9 Å². The van der Waals surface area contributed by atoms with Crippen LogP contribution in [-0.4, -0.2) is 83.7 Å². The Hall–Kier alpha value is -5.01. The van der Waals surface area contributed by atoms with E-state index in [0.29, 0.717) is 0 Å². The maximum absolute atomic E-state index is 13.8. The van der Waals surface area contributed by atoms with E-state index in [9.17, 15) is 36.0 Å². The molecule has 1 N–H and O–H groups in total. The predicted octanol–water partition coefficient (Wildman–Crippen LogP) is 4.17. The molecule has 0 aliphatic carbocycles. The lowest BCUT2D eigenvalue weighted by Gasteiger charge is -2.39. The summed E-state index contributed by atoms with van der Waals surface area (Å²) in [6.07, 6.45) is 0.393. The Morgan fingerprint density at radius 3 is 2.27 bits per heavy atom. The zero-order valence-electron chi connectivity index (χ0n) is 27.1. The molecule has 0 bridgehead atoms. The van der Waals surface area contributed by atoms with Crippen LogP contribution in [-0.2, 0) is 36.6 Å². The topological polar surface area (TPSA) is 190 Å². The van der Waals surface area contributed by atoms with E-state index < -0.39 is 56.2 Å². The molecule has 2 amide bonds. The highest BCUT2D eigenvalue weighted by Gasteiger charge is 2.55. The Bertz CT molecular complexity index is 2150. The summed E-state index contributed by atoms with van der Waals surface area (Å²) in [6.45, 7) is 9.84. The third-order valence-electron chi connectivity index (χ3n) is 7.67. The summed E-state index contributed by atoms with van der Waals surface area (Å²) in [4.78, 5) is 57.4. The van der Waals surface area contributed by atoms with Crippen LogP contribution in [0.15, 0.2) is 24.8 Å². The largest absolute Gasteiger partial charge is 0.534 e. The number of imidazole rings is 2. The van der Waals surface area contributed by atoms with Crippen molar-refractivity contribution in [3.05, 3.63) is 30.6 Å². The molecule has 20 heteroatoms. The van der Waals surface area contributed by atoms with Crippen LogP contribution in [0.5, 0.6) is 5.75 Å². The summed E-state index contributed by atoms with van der Waals surface area (Å²) in [5, 5.41) is 2.69. The minimum absolute atomic E-state index is 0.0866. The van der Waals surface area contributed by atoms with E-state index in [1.807, 2.05) is 0 Å². The summed E-state index contributed by atoms with van der Waals surface area (Å²) in [5.74, 6) is -1.15. The fraction of sp³-hybridized carbons (Fsp3) is 0.483. The van der Waals surface area contributed by atoms with Gasteiger partial charge >= 0.3 is 27.8 Å². The Morgan fingerprint density at radius 1 is 0.959 bits per heavy atom. The molecule has 2 aliphatic rings. The van der Waals surface area contributed by atoms with Crippen LogP contribution in [0.2, 0.25) is 0 Å². The van der Waals surface area contributed by atoms with E-state index in [2.05, 4.69) is 25.3 Å². The number of fused-ring (bicyclic) bond motifs is 5. The van der Waals surface area contributed by atoms with Gasteiger partial charge in [-0.05, 0) is 60.1 Å². The lowest BCUT2D eigenvalue weighted by molar-refractivity contribution is -0.126. The molecule has 1 aromatic carbocycles. The molecule has 0 unspecified atom stereocenters. The average molecular weight is 709 g/mol. The van der Waals surface area contributed by atoms with Crippen molar-refractivity contribution in [1.29, 1.82) is 0 Å². The highest BCUT2D eigenvalue weighted by atomic mass is 32.2. The maximum atomic E-state index is 13.8. The Kier molecular flexibility index (Phi) is 7.61. The van der Waals surface area contributed by atoms with Crippen molar-refractivity contribution in [2.24, 2.45) is 0 Å². The molecule has 4 aromatic rings.